The summed E-state index contributed by atoms with van der Waals surface area (Å²) in [5.74, 6) is 2.92. The van der Waals surface area contributed by atoms with Crippen LogP contribution >= 0.6 is 12.4 Å². The van der Waals surface area contributed by atoms with Gasteiger partial charge in [0.15, 0.2) is 0 Å². The monoisotopic (exact) mass is 498 g/mol. The zero-order valence-corrected chi connectivity index (χ0v) is 22.5. The number of hydrogen-bond donors (Lipinski definition) is 1. The highest BCUT2D eigenvalue weighted by Crippen LogP contribution is 2.42. The molecule has 3 aliphatic carbocycles. The van der Waals surface area contributed by atoms with Crippen LogP contribution < -0.4 is 5.73 Å². The van der Waals surface area contributed by atoms with Gasteiger partial charge in [0.25, 0.3) is 0 Å². The molecule has 3 aliphatic rings. The van der Waals surface area contributed by atoms with Gasteiger partial charge < -0.3 is 10.3 Å². The van der Waals surface area contributed by atoms with Crippen molar-refractivity contribution >= 4 is 29.1 Å². The second kappa shape index (κ2) is 12.8. The SMILES string of the molecule is Cl.NC1CCC(CC(=O)CC(c2cn(CC3CCCCC3)c3ccccc23)C2CCCCC2)CC1. The van der Waals surface area contributed by atoms with Gasteiger partial charge in [-0.3, -0.25) is 4.79 Å². The number of carbonyl (C=O) groups excluding carboxylic acids is 1. The van der Waals surface area contributed by atoms with Gasteiger partial charge in [0, 0.05) is 42.5 Å². The smallest absolute Gasteiger partial charge is 0.133 e. The molecule has 1 unspecified atom stereocenters. The van der Waals surface area contributed by atoms with E-state index < -0.39 is 0 Å². The van der Waals surface area contributed by atoms with Crippen LogP contribution in [0, 0.1) is 17.8 Å². The normalized spacial score (nSPS) is 25.3. The molecule has 3 saturated carbocycles. The second-order valence-electron chi connectivity index (χ2n) is 12.0. The lowest BCUT2D eigenvalue weighted by Crippen LogP contribution is -2.28. The molecule has 0 saturated heterocycles. The zero-order chi connectivity index (χ0) is 23.3. The third kappa shape index (κ3) is 6.72. The number of Topliss-reactive ketones (excluding diaryl/α,β-unsaturated/α-hetero) is 1. The summed E-state index contributed by atoms with van der Waals surface area (Å²) in [5, 5.41) is 1.41. The van der Waals surface area contributed by atoms with Gasteiger partial charge in [-0.05, 0) is 86.7 Å². The molecule has 5 rings (SSSR count). The lowest BCUT2D eigenvalue weighted by atomic mass is 9.73. The number of aromatic nitrogens is 1. The predicted octanol–water partition coefficient (Wildman–Crippen LogP) is 8.17. The van der Waals surface area contributed by atoms with E-state index in [0.29, 0.717) is 29.6 Å². The molecule has 0 amide bonds. The van der Waals surface area contributed by atoms with Crippen molar-refractivity contribution in [2.24, 2.45) is 23.5 Å². The summed E-state index contributed by atoms with van der Waals surface area (Å²) >= 11 is 0. The summed E-state index contributed by atoms with van der Waals surface area (Å²) in [6, 6.07) is 9.38. The maximum atomic E-state index is 13.4. The maximum Gasteiger partial charge on any atom is 0.133 e. The van der Waals surface area contributed by atoms with Crippen LogP contribution in [-0.4, -0.2) is 16.4 Å². The lowest BCUT2D eigenvalue weighted by Gasteiger charge is -2.31. The number of fused-ring (bicyclic) bond motifs is 1. The maximum absolute atomic E-state index is 13.4. The fourth-order valence-electron chi connectivity index (χ4n) is 7.48. The Morgan fingerprint density at radius 3 is 2.23 bits per heavy atom. The van der Waals surface area contributed by atoms with E-state index >= 15 is 0 Å². The molecule has 0 spiro atoms. The van der Waals surface area contributed by atoms with E-state index in [9.17, 15) is 4.79 Å². The van der Waals surface area contributed by atoms with Crippen LogP contribution in [-0.2, 0) is 11.3 Å². The van der Waals surface area contributed by atoms with Gasteiger partial charge >= 0.3 is 0 Å². The Balaban J connectivity index is 0.00000289. The van der Waals surface area contributed by atoms with Crippen molar-refractivity contribution in [1.82, 2.24) is 4.57 Å². The molecule has 1 aromatic heterocycles. The molecule has 3 nitrogen and oxygen atoms in total. The number of carbonyl (C=O) groups is 1. The van der Waals surface area contributed by atoms with Gasteiger partial charge in [-0.25, -0.2) is 0 Å². The van der Waals surface area contributed by atoms with E-state index in [1.807, 2.05) is 0 Å². The summed E-state index contributed by atoms with van der Waals surface area (Å²) in [7, 11) is 0. The first kappa shape index (κ1) is 26.7. The van der Waals surface area contributed by atoms with Crippen LogP contribution in [0.5, 0.6) is 0 Å². The van der Waals surface area contributed by atoms with Crippen LogP contribution in [0.15, 0.2) is 30.5 Å². The summed E-state index contributed by atoms with van der Waals surface area (Å²) in [4.78, 5) is 13.4. The number of hydrogen-bond acceptors (Lipinski definition) is 2. The quantitative estimate of drug-likeness (QED) is 0.398. The number of nitrogens with zero attached hydrogens (tertiary/aromatic N) is 1. The van der Waals surface area contributed by atoms with Gasteiger partial charge in [0.1, 0.15) is 5.78 Å². The summed E-state index contributed by atoms with van der Waals surface area (Å²) in [5.41, 5.74) is 8.97. The van der Waals surface area contributed by atoms with Crippen LogP contribution in [0.1, 0.15) is 114 Å². The van der Waals surface area contributed by atoms with Crippen molar-refractivity contribution < 1.29 is 4.79 Å². The first-order valence-corrected chi connectivity index (χ1v) is 14.5. The molecule has 1 aromatic carbocycles. The van der Waals surface area contributed by atoms with E-state index in [4.69, 9.17) is 5.73 Å². The minimum absolute atomic E-state index is 0. The van der Waals surface area contributed by atoms with Gasteiger partial charge in [0.2, 0.25) is 0 Å². The number of ketones is 1. The first-order valence-electron chi connectivity index (χ1n) is 14.5. The molecule has 35 heavy (non-hydrogen) atoms. The third-order valence-electron chi connectivity index (χ3n) is 9.47. The molecule has 2 aromatic rings. The van der Waals surface area contributed by atoms with Crippen molar-refractivity contribution in [1.29, 1.82) is 0 Å². The van der Waals surface area contributed by atoms with E-state index in [1.165, 1.54) is 80.7 Å². The van der Waals surface area contributed by atoms with Gasteiger partial charge in [-0.15, -0.1) is 12.4 Å². The van der Waals surface area contributed by atoms with E-state index in [0.717, 1.165) is 51.0 Å². The lowest BCUT2D eigenvalue weighted by molar-refractivity contribution is -0.121. The second-order valence-corrected chi connectivity index (χ2v) is 12.0. The molecular weight excluding hydrogens is 452 g/mol. The van der Waals surface area contributed by atoms with Crippen LogP contribution in [0.2, 0.25) is 0 Å². The molecule has 3 fully saturated rings. The summed E-state index contributed by atoms with van der Waals surface area (Å²) < 4.78 is 2.56. The topological polar surface area (TPSA) is 48.0 Å². The standard InChI is InChI=1S/C31H46N2O.ClH/c32-26-17-15-23(16-18-26)19-27(34)20-29(25-11-5-2-6-12-25)30-22-33(21-24-9-3-1-4-10-24)31-14-8-7-13-28(30)31;/h7-8,13-14,22-26,29H,1-6,9-12,15-21,32H2;1H. The molecule has 4 heteroatoms. The van der Waals surface area contributed by atoms with Crippen molar-refractivity contribution in [2.75, 3.05) is 0 Å². The number of benzene rings is 1. The Morgan fingerprint density at radius 2 is 1.51 bits per heavy atom. The Kier molecular flexibility index (Phi) is 9.75. The molecule has 0 bridgehead atoms. The Labute approximate surface area is 219 Å². The first-order chi connectivity index (χ1) is 16.7. The number of halogens is 1. The predicted molar refractivity (Wildman–Crippen MR) is 149 cm³/mol. The minimum Gasteiger partial charge on any atom is -0.347 e. The van der Waals surface area contributed by atoms with Crippen molar-refractivity contribution in [3.05, 3.63) is 36.0 Å². The highest BCUT2D eigenvalue weighted by molar-refractivity contribution is 5.86. The van der Waals surface area contributed by atoms with E-state index in [-0.39, 0.29) is 12.4 Å². The van der Waals surface area contributed by atoms with E-state index in [1.54, 1.807) is 0 Å². The number of nitrogens with two attached hydrogens (primary N) is 1. The average molecular weight is 499 g/mol. The van der Waals surface area contributed by atoms with Gasteiger partial charge in [-0.2, -0.15) is 0 Å². The largest absolute Gasteiger partial charge is 0.347 e. The van der Waals surface area contributed by atoms with Crippen LogP contribution in [0.4, 0.5) is 0 Å². The minimum atomic E-state index is 0. The van der Waals surface area contributed by atoms with Crippen LogP contribution in [0.3, 0.4) is 0 Å². The molecule has 194 valence electrons. The van der Waals surface area contributed by atoms with Crippen molar-refractivity contribution in [3.8, 4) is 0 Å². The highest BCUT2D eigenvalue weighted by Gasteiger charge is 2.31. The van der Waals surface area contributed by atoms with Gasteiger partial charge in [-0.1, -0.05) is 56.7 Å². The average Bonchev–Trinajstić information content (AvgIpc) is 3.23. The number of para-hydroxylation sites is 1. The molecular formula is C31H47ClN2O. The molecule has 0 aliphatic heterocycles. The number of rotatable bonds is 8. The Bertz CT molecular complexity index is 933. The highest BCUT2D eigenvalue weighted by atomic mass is 35.5. The molecule has 1 heterocycles. The van der Waals surface area contributed by atoms with E-state index in [2.05, 4.69) is 35.0 Å². The summed E-state index contributed by atoms with van der Waals surface area (Å²) in [6.07, 6.45) is 22.0. The van der Waals surface area contributed by atoms with Crippen molar-refractivity contribution in [2.45, 2.75) is 121 Å². The molecule has 2 N–H and O–H groups in total. The Morgan fingerprint density at radius 1 is 0.857 bits per heavy atom. The Hall–Kier alpha value is -1.32. The zero-order valence-electron chi connectivity index (χ0n) is 21.6. The third-order valence-corrected chi connectivity index (χ3v) is 9.47. The van der Waals surface area contributed by atoms with Gasteiger partial charge in [0.05, 0.1) is 0 Å². The summed E-state index contributed by atoms with van der Waals surface area (Å²) in [6.45, 7) is 1.15. The van der Waals surface area contributed by atoms with Crippen LogP contribution in [0.25, 0.3) is 10.9 Å². The fraction of sp³-hybridized carbons (Fsp3) is 0.710. The van der Waals surface area contributed by atoms with Crippen molar-refractivity contribution in [3.63, 3.8) is 0 Å². The fourth-order valence-corrected chi connectivity index (χ4v) is 7.48. The molecule has 1 atom stereocenters. The molecule has 0 radical (unpaired) electrons.